The van der Waals surface area contributed by atoms with E-state index in [4.69, 9.17) is 4.74 Å². The second-order valence-electron chi connectivity index (χ2n) is 6.95. The Hall–Kier alpha value is -3.48. The zero-order chi connectivity index (χ0) is 21.5. The molecule has 6 nitrogen and oxygen atoms in total. The van der Waals surface area contributed by atoms with Crippen LogP contribution in [-0.4, -0.2) is 53.8 Å². The summed E-state index contributed by atoms with van der Waals surface area (Å²) in [6, 6.07) is 12.7. The van der Waals surface area contributed by atoms with Crippen molar-refractivity contribution < 1.29 is 23.5 Å². The van der Waals surface area contributed by atoms with Gasteiger partial charge in [-0.2, -0.15) is 0 Å². The molecule has 0 aliphatic carbocycles. The van der Waals surface area contributed by atoms with Gasteiger partial charge in [-0.15, -0.1) is 0 Å². The Balaban J connectivity index is 1.62. The third kappa shape index (κ3) is 5.53. The summed E-state index contributed by atoms with van der Waals surface area (Å²) in [5.74, 6) is -0.917. The number of rotatable bonds is 4. The number of benzene rings is 2. The molecule has 1 saturated heterocycles. The SMILES string of the molecule is CC(=O)Oc1cccc(C(=O)N2CCCN(C(=O)/C=C/c3ccccc3F)CC2)c1. The molecule has 0 saturated carbocycles. The Morgan fingerprint density at radius 3 is 2.47 bits per heavy atom. The lowest BCUT2D eigenvalue weighted by atomic mass is 10.2. The van der Waals surface area contributed by atoms with Gasteiger partial charge in [-0.3, -0.25) is 14.4 Å². The van der Waals surface area contributed by atoms with Crippen molar-refractivity contribution in [3.63, 3.8) is 0 Å². The molecule has 0 spiro atoms. The minimum Gasteiger partial charge on any atom is -0.427 e. The van der Waals surface area contributed by atoms with E-state index in [1.807, 2.05) is 0 Å². The van der Waals surface area contributed by atoms with Gasteiger partial charge in [-0.05, 0) is 36.8 Å². The number of hydrogen-bond acceptors (Lipinski definition) is 4. The summed E-state index contributed by atoms with van der Waals surface area (Å²) in [6.45, 7) is 3.09. The van der Waals surface area contributed by atoms with E-state index >= 15 is 0 Å². The van der Waals surface area contributed by atoms with Gasteiger partial charge < -0.3 is 14.5 Å². The van der Waals surface area contributed by atoms with Gasteiger partial charge >= 0.3 is 5.97 Å². The third-order valence-corrected chi connectivity index (χ3v) is 4.75. The van der Waals surface area contributed by atoms with Crippen LogP contribution in [0.15, 0.2) is 54.6 Å². The zero-order valence-electron chi connectivity index (χ0n) is 16.7. The molecule has 7 heteroatoms. The largest absolute Gasteiger partial charge is 0.427 e. The van der Waals surface area contributed by atoms with E-state index < -0.39 is 5.97 Å². The zero-order valence-corrected chi connectivity index (χ0v) is 16.7. The molecule has 0 bridgehead atoms. The minimum absolute atomic E-state index is 0.180. The molecule has 2 aromatic carbocycles. The first kappa shape index (κ1) is 21.2. The van der Waals surface area contributed by atoms with E-state index in [0.29, 0.717) is 49.5 Å². The monoisotopic (exact) mass is 410 g/mol. The molecule has 0 aromatic heterocycles. The molecule has 30 heavy (non-hydrogen) atoms. The standard InChI is InChI=1S/C23H23FN2O4/c1-17(27)30-20-8-4-7-19(16-20)23(29)26-13-5-12-25(14-15-26)22(28)11-10-18-6-2-3-9-21(18)24/h2-4,6-11,16H,5,12-15H2,1H3/b11-10+. The third-order valence-electron chi connectivity index (χ3n) is 4.75. The molecule has 156 valence electrons. The highest BCUT2D eigenvalue weighted by atomic mass is 19.1. The summed E-state index contributed by atoms with van der Waals surface area (Å²) >= 11 is 0. The van der Waals surface area contributed by atoms with Crippen LogP contribution < -0.4 is 4.74 Å². The second-order valence-corrected chi connectivity index (χ2v) is 6.95. The normalized spacial score (nSPS) is 14.5. The molecule has 1 fully saturated rings. The average Bonchev–Trinajstić information content (AvgIpc) is 2.98. The molecule has 0 atom stereocenters. The van der Waals surface area contributed by atoms with Crippen LogP contribution >= 0.6 is 0 Å². The fourth-order valence-electron chi connectivity index (χ4n) is 3.26. The number of ether oxygens (including phenoxy) is 1. The maximum Gasteiger partial charge on any atom is 0.308 e. The van der Waals surface area contributed by atoms with Crippen LogP contribution in [0.3, 0.4) is 0 Å². The van der Waals surface area contributed by atoms with E-state index in [2.05, 4.69) is 0 Å². The van der Waals surface area contributed by atoms with Gasteiger partial charge in [0.25, 0.3) is 5.91 Å². The quantitative estimate of drug-likeness (QED) is 0.441. The number of carbonyl (C=O) groups is 3. The fourth-order valence-corrected chi connectivity index (χ4v) is 3.26. The van der Waals surface area contributed by atoms with Crippen LogP contribution in [-0.2, 0) is 9.59 Å². The Kier molecular flexibility index (Phi) is 6.95. The van der Waals surface area contributed by atoms with E-state index in [1.54, 1.807) is 46.2 Å². The number of hydrogen-bond donors (Lipinski definition) is 0. The van der Waals surface area contributed by atoms with Gasteiger partial charge in [0, 0.05) is 50.3 Å². The summed E-state index contributed by atoms with van der Waals surface area (Å²) in [5, 5.41) is 0. The van der Waals surface area contributed by atoms with Crippen molar-refractivity contribution in [2.45, 2.75) is 13.3 Å². The van der Waals surface area contributed by atoms with Crippen molar-refractivity contribution >= 4 is 23.9 Å². The number of amides is 2. The molecule has 1 aliphatic rings. The van der Waals surface area contributed by atoms with Crippen LogP contribution in [0.1, 0.15) is 29.3 Å². The lowest BCUT2D eigenvalue weighted by Gasteiger charge is -2.21. The van der Waals surface area contributed by atoms with Gasteiger partial charge in [0.05, 0.1) is 0 Å². The van der Waals surface area contributed by atoms with Crippen LogP contribution in [0.25, 0.3) is 6.08 Å². The average molecular weight is 410 g/mol. The summed E-state index contributed by atoms with van der Waals surface area (Å²) in [4.78, 5) is 39.8. The maximum absolute atomic E-state index is 13.7. The maximum atomic E-state index is 13.7. The number of esters is 1. The summed E-state index contributed by atoms with van der Waals surface area (Å²) in [6.07, 6.45) is 3.46. The van der Waals surface area contributed by atoms with Crippen molar-refractivity contribution in [1.82, 2.24) is 9.80 Å². The smallest absolute Gasteiger partial charge is 0.308 e. The Morgan fingerprint density at radius 1 is 0.967 bits per heavy atom. The van der Waals surface area contributed by atoms with Gasteiger partial charge in [-0.1, -0.05) is 24.3 Å². The van der Waals surface area contributed by atoms with E-state index in [0.717, 1.165) is 0 Å². The fraction of sp³-hybridized carbons (Fsp3) is 0.261. The van der Waals surface area contributed by atoms with Gasteiger partial charge in [-0.25, -0.2) is 4.39 Å². The number of nitrogens with zero attached hydrogens (tertiary/aromatic N) is 2. The molecule has 0 radical (unpaired) electrons. The van der Waals surface area contributed by atoms with Gasteiger partial charge in [0.2, 0.25) is 5.91 Å². The molecule has 1 heterocycles. The predicted molar refractivity (Wildman–Crippen MR) is 110 cm³/mol. The highest BCUT2D eigenvalue weighted by Gasteiger charge is 2.22. The summed E-state index contributed by atoms with van der Waals surface area (Å²) in [7, 11) is 0. The molecule has 3 rings (SSSR count). The molecular weight excluding hydrogens is 387 g/mol. The summed E-state index contributed by atoms with van der Waals surface area (Å²) < 4.78 is 18.7. The Labute approximate surface area is 174 Å². The van der Waals surface area contributed by atoms with Crippen molar-refractivity contribution in [1.29, 1.82) is 0 Å². The van der Waals surface area contributed by atoms with Crippen molar-refractivity contribution in [2.75, 3.05) is 26.2 Å². The second kappa shape index (κ2) is 9.82. The molecule has 0 unspecified atom stereocenters. The van der Waals surface area contributed by atoms with E-state index in [-0.39, 0.29) is 17.6 Å². The Bertz CT molecular complexity index is 973. The lowest BCUT2D eigenvalue weighted by Crippen LogP contribution is -2.36. The van der Waals surface area contributed by atoms with Crippen molar-refractivity contribution in [3.8, 4) is 5.75 Å². The topological polar surface area (TPSA) is 66.9 Å². The summed E-state index contributed by atoms with van der Waals surface area (Å²) in [5.41, 5.74) is 0.776. The van der Waals surface area contributed by atoms with Gasteiger partial charge in [0.1, 0.15) is 11.6 Å². The van der Waals surface area contributed by atoms with Crippen LogP contribution in [0.5, 0.6) is 5.75 Å². The Morgan fingerprint density at radius 2 is 1.70 bits per heavy atom. The van der Waals surface area contributed by atoms with Gasteiger partial charge in [0.15, 0.2) is 0 Å². The highest BCUT2D eigenvalue weighted by Crippen LogP contribution is 2.17. The van der Waals surface area contributed by atoms with E-state index in [9.17, 15) is 18.8 Å². The lowest BCUT2D eigenvalue weighted by molar-refractivity contribution is -0.132. The highest BCUT2D eigenvalue weighted by molar-refractivity contribution is 5.95. The number of halogens is 1. The minimum atomic E-state index is -0.452. The van der Waals surface area contributed by atoms with Crippen molar-refractivity contribution in [2.24, 2.45) is 0 Å². The molecule has 0 N–H and O–H groups in total. The molecular formula is C23H23FN2O4. The molecule has 2 aromatic rings. The molecule has 2 amide bonds. The van der Waals surface area contributed by atoms with Crippen LogP contribution in [0.4, 0.5) is 4.39 Å². The molecule has 1 aliphatic heterocycles. The first-order chi connectivity index (χ1) is 14.4. The van der Waals surface area contributed by atoms with Crippen molar-refractivity contribution in [3.05, 3.63) is 71.6 Å². The predicted octanol–water partition coefficient (Wildman–Crippen LogP) is 3.14. The van der Waals surface area contributed by atoms with E-state index in [1.165, 1.54) is 31.2 Å². The van der Waals surface area contributed by atoms with Crippen LogP contribution in [0, 0.1) is 5.82 Å². The first-order valence-electron chi connectivity index (χ1n) is 9.73. The van der Waals surface area contributed by atoms with Crippen LogP contribution in [0.2, 0.25) is 0 Å². The first-order valence-corrected chi connectivity index (χ1v) is 9.73. The number of carbonyl (C=O) groups excluding carboxylic acids is 3.